The van der Waals surface area contributed by atoms with Crippen molar-refractivity contribution in [2.75, 3.05) is 31.1 Å². The first-order valence-corrected chi connectivity index (χ1v) is 14.5. The first kappa shape index (κ1) is 31.7. The van der Waals surface area contributed by atoms with Crippen LogP contribution in [0.1, 0.15) is 68.4 Å². The summed E-state index contributed by atoms with van der Waals surface area (Å²) < 4.78 is 34.6. The zero-order chi connectivity index (χ0) is 31.6. The summed E-state index contributed by atoms with van der Waals surface area (Å²) in [7, 11) is 0. The Labute approximate surface area is 249 Å². The van der Waals surface area contributed by atoms with E-state index in [4.69, 9.17) is 4.74 Å². The number of aryl methyl sites for hydroxylation is 1. The molecular weight excluding hydrogens is 562 g/mol. The summed E-state index contributed by atoms with van der Waals surface area (Å²) in [5.74, 6) is -2.66. The summed E-state index contributed by atoms with van der Waals surface area (Å²) in [6.07, 6.45) is 0.478. The molecule has 43 heavy (non-hydrogen) atoms. The van der Waals surface area contributed by atoms with E-state index in [2.05, 4.69) is 5.32 Å². The van der Waals surface area contributed by atoms with Crippen molar-refractivity contribution in [3.05, 3.63) is 58.7 Å². The number of hydrogen-bond donors (Lipinski definition) is 2. The van der Waals surface area contributed by atoms with Gasteiger partial charge in [0.15, 0.2) is 0 Å². The second-order valence-corrected chi connectivity index (χ2v) is 11.4. The van der Waals surface area contributed by atoms with Gasteiger partial charge >= 0.3 is 6.09 Å². The van der Waals surface area contributed by atoms with Crippen LogP contribution in [-0.4, -0.2) is 77.0 Å². The lowest BCUT2D eigenvalue weighted by atomic mass is 9.90. The van der Waals surface area contributed by atoms with Crippen molar-refractivity contribution in [1.82, 2.24) is 15.1 Å². The van der Waals surface area contributed by atoms with Gasteiger partial charge in [-0.2, -0.15) is 0 Å². The Morgan fingerprint density at radius 3 is 2.44 bits per heavy atom. The summed E-state index contributed by atoms with van der Waals surface area (Å²) in [6.45, 7) is 9.27. The molecule has 0 aliphatic carbocycles. The number of nitrogens with zero attached hydrogens (tertiary/aromatic N) is 3. The minimum atomic E-state index is -1.80. The number of nitrogens with one attached hydrogen (secondary N) is 1. The molecule has 12 heteroatoms. The molecule has 2 aromatic carbocycles. The molecular formula is C31H38F2N4O6. The van der Waals surface area contributed by atoms with Gasteiger partial charge in [-0.25, -0.2) is 13.6 Å². The van der Waals surface area contributed by atoms with Crippen LogP contribution >= 0.6 is 0 Å². The van der Waals surface area contributed by atoms with Crippen LogP contribution < -0.4 is 15.0 Å². The monoisotopic (exact) mass is 600 g/mol. The Morgan fingerprint density at radius 1 is 1.16 bits per heavy atom. The van der Waals surface area contributed by atoms with Crippen molar-refractivity contribution in [2.45, 2.75) is 71.6 Å². The number of benzene rings is 2. The van der Waals surface area contributed by atoms with E-state index in [0.29, 0.717) is 36.6 Å². The molecule has 0 radical (unpaired) electrons. The standard InChI is InChI=1S/C31H38F2N4O6/c1-6-27(38)34-9-11-36-25-16-24(28(39)37(18(2)3)23-8-7-10-35(17-23)30(41)42)19(4)12-26(25)43-31(5,29(36)40)20-13-21(32)15-22(33)14-20/h12-16,18,23H,6-11,17H2,1-5H3,(H,34,38)(H,41,42)/t23-,31+/m1/s1. The van der Waals surface area contributed by atoms with Gasteiger partial charge in [0.25, 0.3) is 11.8 Å². The third kappa shape index (κ3) is 6.42. The second kappa shape index (κ2) is 12.6. The number of halogens is 2. The van der Waals surface area contributed by atoms with Crippen LogP contribution in [-0.2, 0) is 15.2 Å². The Balaban J connectivity index is 1.77. The van der Waals surface area contributed by atoms with Gasteiger partial charge < -0.3 is 29.9 Å². The maximum atomic E-state index is 14.2. The van der Waals surface area contributed by atoms with Crippen LogP contribution in [0.3, 0.4) is 0 Å². The van der Waals surface area contributed by atoms with Gasteiger partial charge in [-0.1, -0.05) is 6.92 Å². The lowest BCUT2D eigenvalue weighted by Crippen LogP contribution is -2.54. The number of amides is 4. The molecule has 2 aliphatic heterocycles. The van der Waals surface area contributed by atoms with Crippen LogP contribution in [0.25, 0.3) is 0 Å². The number of fused-ring (bicyclic) bond motifs is 1. The van der Waals surface area contributed by atoms with Gasteiger partial charge in [-0.15, -0.1) is 0 Å². The zero-order valence-corrected chi connectivity index (χ0v) is 25.1. The maximum absolute atomic E-state index is 14.2. The van der Waals surface area contributed by atoms with Crippen molar-refractivity contribution in [3.63, 3.8) is 0 Å². The summed E-state index contributed by atoms with van der Waals surface area (Å²) in [4.78, 5) is 56.1. The van der Waals surface area contributed by atoms with Gasteiger partial charge in [0, 0.05) is 55.8 Å². The quantitative estimate of drug-likeness (QED) is 0.463. The fourth-order valence-electron chi connectivity index (χ4n) is 5.81. The molecule has 2 aromatic rings. The van der Waals surface area contributed by atoms with Crippen LogP contribution in [0.5, 0.6) is 5.75 Å². The SMILES string of the molecule is CCC(=O)NCCN1C(=O)[C@](C)(c2cc(F)cc(F)c2)Oc2cc(C)c(C(=O)N(C(C)C)[C@@H]3CCCN(C(=O)O)C3)cc21. The average Bonchev–Trinajstić information content (AvgIpc) is 2.94. The second-order valence-electron chi connectivity index (χ2n) is 11.4. The number of carbonyl (C=O) groups excluding carboxylic acids is 3. The lowest BCUT2D eigenvalue weighted by molar-refractivity contribution is -0.135. The van der Waals surface area contributed by atoms with Gasteiger partial charge in [0.05, 0.1) is 11.7 Å². The molecule has 10 nitrogen and oxygen atoms in total. The number of carbonyl (C=O) groups is 4. The smallest absolute Gasteiger partial charge is 0.407 e. The number of carboxylic acid groups (broad SMARTS) is 1. The number of ether oxygens (including phenoxy) is 1. The molecule has 2 atom stereocenters. The van der Waals surface area contributed by atoms with Gasteiger partial charge in [0.1, 0.15) is 17.4 Å². The summed E-state index contributed by atoms with van der Waals surface area (Å²) in [6, 6.07) is 5.38. The molecule has 0 spiro atoms. The molecule has 4 amide bonds. The molecule has 0 saturated carbocycles. The highest BCUT2D eigenvalue weighted by Crippen LogP contribution is 2.44. The van der Waals surface area contributed by atoms with Crippen molar-refractivity contribution in [3.8, 4) is 5.75 Å². The average molecular weight is 601 g/mol. The summed E-state index contributed by atoms with van der Waals surface area (Å²) in [5.41, 5.74) is -0.693. The summed E-state index contributed by atoms with van der Waals surface area (Å²) >= 11 is 0. The predicted molar refractivity (Wildman–Crippen MR) is 155 cm³/mol. The van der Waals surface area contributed by atoms with Crippen LogP contribution in [0.4, 0.5) is 19.3 Å². The minimum Gasteiger partial charge on any atom is -0.471 e. The molecule has 0 unspecified atom stereocenters. The van der Waals surface area contributed by atoms with E-state index in [0.717, 1.165) is 12.1 Å². The van der Waals surface area contributed by atoms with E-state index in [1.165, 1.54) is 16.7 Å². The van der Waals surface area contributed by atoms with Gasteiger partial charge in [-0.05, 0) is 70.4 Å². The molecule has 4 rings (SSSR count). The summed E-state index contributed by atoms with van der Waals surface area (Å²) in [5, 5.41) is 12.3. The largest absolute Gasteiger partial charge is 0.471 e. The minimum absolute atomic E-state index is 0.00903. The Morgan fingerprint density at radius 2 is 1.84 bits per heavy atom. The fourth-order valence-corrected chi connectivity index (χ4v) is 5.81. The number of rotatable bonds is 8. The Kier molecular flexibility index (Phi) is 9.26. The zero-order valence-electron chi connectivity index (χ0n) is 25.1. The fraction of sp³-hybridized carbons (Fsp3) is 0.484. The topological polar surface area (TPSA) is 119 Å². The van der Waals surface area contributed by atoms with Crippen LogP contribution in [0.2, 0.25) is 0 Å². The van der Waals surface area contributed by atoms with Crippen molar-refractivity contribution in [1.29, 1.82) is 0 Å². The first-order chi connectivity index (χ1) is 20.3. The van der Waals surface area contributed by atoms with E-state index in [1.807, 2.05) is 13.8 Å². The number of hydrogen-bond acceptors (Lipinski definition) is 5. The predicted octanol–water partition coefficient (Wildman–Crippen LogP) is 4.43. The molecule has 2 heterocycles. The highest BCUT2D eigenvalue weighted by molar-refractivity contribution is 6.05. The molecule has 1 fully saturated rings. The number of anilines is 1. The van der Waals surface area contributed by atoms with Crippen LogP contribution in [0, 0.1) is 18.6 Å². The number of likely N-dealkylation sites (tertiary alicyclic amines) is 1. The third-order valence-corrected chi connectivity index (χ3v) is 8.04. The van der Waals surface area contributed by atoms with E-state index in [-0.39, 0.29) is 67.0 Å². The van der Waals surface area contributed by atoms with Crippen molar-refractivity contribution in [2.24, 2.45) is 0 Å². The third-order valence-electron chi connectivity index (χ3n) is 8.04. The maximum Gasteiger partial charge on any atom is 0.407 e. The molecule has 2 N–H and O–H groups in total. The lowest BCUT2D eigenvalue weighted by Gasteiger charge is -2.42. The molecule has 1 saturated heterocycles. The van der Waals surface area contributed by atoms with E-state index in [1.54, 1.807) is 30.9 Å². The van der Waals surface area contributed by atoms with Crippen LogP contribution in [0.15, 0.2) is 30.3 Å². The normalized spacial score (nSPS) is 20.0. The van der Waals surface area contributed by atoms with E-state index < -0.39 is 29.2 Å². The van der Waals surface area contributed by atoms with Gasteiger partial charge in [0.2, 0.25) is 11.5 Å². The van der Waals surface area contributed by atoms with Gasteiger partial charge in [-0.3, -0.25) is 14.4 Å². The highest BCUT2D eigenvalue weighted by atomic mass is 19.1. The first-order valence-electron chi connectivity index (χ1n) is 14.5. The molecule has 232 valence electrons. The molecule has 2 aliphatic rings. The Hall–Kier alpha value is -4.22. The van der Waals surface area contributed by atoms with Crippen molar-refractivity contribution < 1.29 is 37.8 Å². The van der Waals surface area contributed by atoms with E-state index in [9.17, 15) is 33.1 Å². The highest BCUT2D eigenvalue weighted by Gasteiger charge is 2.47. The molecule has 0 bridgehead atoms. The van der Waals surface area contributed by atoms with E-state index >= 15 is 0 Å². The Bertz CT molecular complexity index is 1410. The van der Waals surface area contributed by atoms with Crippen molar-refractivity contribution >= 4 is 29.5 Å². The number of piperidine rings is 1. The molecule has 0 aromatic heterocycles.